The van der Waals surface area contributed by atoms with E-state index in [1.807, 2.05) is 17.0 Å². The number of hydrogen-bond donors (Lipinski definition) is 2. The summed E-state index contributed by atoms with van der Waals surface area (Å²) in [5.41, 5.74) is 2.34. The van der Waals surface area contributed by atoms with E-state index in [1.165, 1.54) is 5.56 Å². The van der Waals surface area contributed by atoms with E-state index >= 15 is 0 Å². The van der Waals surface area contributed by atoms with Crippen LogP contribution in [-0.2, 0) is 22.6 Å². The Balaban J connectivity index is 0.00000363. The number of halogens is 1. The van der Waals surface area contributed by atoms with Crippen molar-refractivity contribution < 1.29 is 9.53 Å². The highest BCUT2D eigenvalue weighted by Crippen LogP contribution is 2.18. The molecular weight excluding hydrogens is 517 g/mol. The van der Waals surface area contributed by atoms with E-state index in [9.17, 15) is 4.79 Å². The Morgan fingerprint density at radius 1 is 1.22 bits per heavy atom. The van der Waals surface area contributed by atoms with Crippen LogP contribution >= 0.6 is 24.0 Å². The standard InChI is InChI=1S/C24H39N5O2.HI/c1-4-25-24(27-15-22-18-28(12-13-31-22)16-19(2)3)26-14-20-8-5-6-9-21(20)17-29-11-7-10-23(29)30;/h5-6,8-9,19,22H,4,7,10-18H2,1-3H3,(H2,25,26,27);1H. The van der Waals surface area contributed by atoms with Gasteiger partial charge in [0.05, 0.1) is 19.3 Å². The van der Waals surface area contributed by atoms with Gasteiger partial charge in [0, 0.05) is 52.2 Å². The van der Waals surface area contributed by atoms with Gasteiger partial charge in [-0.25, -0.2) is 4.99 Å². The van der Waals surface area contributed by atoms with E-state index in [0.29, 0.717) is 25.4 Å². The Bertz CT molecular complexity index is 743. The van der Waals surface area contributed by atoms with Crippen molar-refractivity contribution in [1.29, 1.82) is 0 Å². The minimum atomic E-state index is 0. The number of likely N-dealkylation sites (tertiary alicyclic amines) is 1. The lowest BCUT2D eigenvalue weighted by Crippen LogP contribution is -2.50. The number of carbonyl (C=O) groups is 1. The molecule has 0 spiro atoms. The maximum Gasteiger partial charge on any atom is 0.222 e. The molecule has 1 amide bonds. The quantitative estimate of drug-likeness (QED) is 0.278. The van der Waals surface area contributed by atoms with Crippen LogP contribution in [0.15, 0.2) is 29.3 Å². The van der Waals surface area contributed by atoms with Crippen molar-refractivity contribution >= 4 is 35.8 Å². The van der Waals surface area contributed by atoms with Crippen molar-refractivity contribution in [2.75, 3.05) is 45.9 Å². The topological polar surface area (TPSA) is 69.2 Å². The summed E-state index contributed by atoms with van der Waals surface area (Å²) in [6.45, 7) is 14.1. The molecule has 8 heteroatoms. The number of guanidine groups is 1. The number of hydrogen-bond acceptors (Lipinski definition) is 4. The third-order valence-corrected chi connectivity index (χ3v) is 5.75. The van der Waals surface area contributed by atoms with Crippen LogP contribution in [-0.4, -0.2) is 73.6 Å². The highest BCUT2D eigenvalue weighted by molar-refractivity contribution is 14.0. The molecule has 0 aliphatic carbocycles. The lowest BCUT2D eigenvalue weighted by atomic mass is 10.1. The van der Waals surface area contributed by atoms with Gasteiger partial charge < -0.3 is 20.3 Å². The Hall–Kier alpha value is -1.39. The van der Waals surface area contributed by atoms with Crippen LogP contribution in [0.25, 0.3) is 0 Å². The molecule has 2 fully saturated rings. The molecule has 2 aliphatic rings. The number of morpholine rings is 1. The Morgan fingerprint density at radius 2 is 2.00 bits per heavy atom. The Kier molecular flexibility index (Phi) is 11.7. The average Bonchev–Trinajstić information content (AvgIpc) is 3.15. The fourth-order valence-electron chi connectivity index (χ4n) is 4.25. The van der Waals surface area contributed by atoms with Gasteiger partial charge in [0.15, 0.2) is 5.96 Å². The summed E-state index contributed by atoms with van der Waals surface area (Å²) in [5, 5.41) is 6.80. The number of amides is 1. The summed E-state index contributed by atoms with van der Waals surface area (Å²) >= 11 is 0. The van der Waals surface area contributed by atoms with Crippen LogP contribution in [0.1, 0.15) is 44.7 Å². The lowest BCUT2D eigenvalue weighted by molar-refractivity contribution is -0.128. The molecule has 1 unspecified atom stereocenters. The van der Waals surface area contributed by atoms with Crippen molar-refractivity contribution in [2.45, 2.75) is 52.8 Å². The zero-order valence-electron chi connectivity index (χ0n) is 19.8. The van der Waals surface area contributed by atoms with Gasteiger partial charge in [-0.3, -0.25) is 9.69 Å². The second-order valence-electron chi connectivity index (χ2n) is 8.91. The number of rotatable bonds is 9. The highest BCUT2D eigenvalue weighted by Gasteiger charge is 2.22. The molecule has 2 N–H and O–H groups in total. The molecular formula is C24H40IN5O2. The zero-order chi connectivity index (χ0) is 22.1. The van der Waals surface area contributed by atoms with Crippen LogP contribution in [0.4, 0.5) is 0 Å². The van der Waals surface area contributed by atoms with Crippen LogP contribution in [0.5, 0.6) is 0 Å². The van der Waals surface area contributed by atoms with Gasteiger partial charge >= 0.3 is 0 Å². The van der Waals surface area contributed by atoms with Gasteiger partial charge in [-0.05, 0) is 30.4 Å². The number of ether oxygens (including phenoxy) is 1. The van der Waals surface area contributed by atoms with Gasteiger partial charge in [0.1, 0.15) is 0 Å². The van der Waals surface area contributed by atoms with Crippen molar-refractivity contribution in [3.05, 3.63) is 35.4 Å². The van der Waals surface area contributed by atoms with E-state index in [4.69, 9.17) is 9.73 Å². The Labute approximate surface area is 210 Å². The van der Waals surface area contributed by atoms with Gasteiger partial charge in [0.2, 0.25) is 5.91 Å². The summed E-state index contributed by atoms with van der Waals surface area (Å²) in [6, 6.07) is 8.29. The summed E-state index contributed by atoms with van der Waals surface area (Å²) in [7, 11) is 0. The van der Waals surface area contributed by atoms with Gasteiger partial charge in [-0.1, -0.05) is 38.1 Å². The van der Waals surface area contributed by atoms with E-state index in [2.05, 4.69) is 48.4 Å². The minimum absolute atomic E-state index is 0. The number of aliphatic imine (C=N–C) groups is 1. The van der Waals surface area contributed by atoms with Crippen LogP contribution < -0.4 is 10.6 Å². The first-order chi connectivity index (χ1) is 15.0. The number of benzene rings is 1. The molecule has 1 atom stereocenters. The molecule has 0 bridgehead atoms. The number of nitrogens with one attached hydrogen (secondary N) is 2. The molecule has 3 rings (SSSR count). The second-order valence-corrected chi connectivity index (χ2v) is 8.91. The van der Waals surface area contributed by atoms with Crippen molar-refractivity contribution in [3.63, 3.8) is 0 Å². The van der Waals surface area contributed by atoms with Crippen LogP contribution in [0, 0.1) is 5.92 Å². The monoisotopic (exact) mass is 557 g/mol. The summed E-state index contributed by atoms with van der Waals surface area (Å²) < 4.78 is 5.96. The molecule has 0 radical (unpaired) electrons. The fraction of sp³-hybridized carbons (Fsp3) is 0.667. The summed E-state index contributed by atoms with van der Waals surface area (Å²) in [4.78, 5) is 21.3. The zero-order valence-corrected chi connectivity index (χ0v) is 22.1. The van der Waals surface area contributed by atoms with E-state index in [1.54, 1.807) is 0 Å². The summed E-state index contributed by atoms with van der Waals surface area (Å²) in [6.07, 6.45) is 1.81. The fourth-order valence-corrected chi connectivity index (χ4v) is 4.25. The number of carbonyl (C=O) groups excluding carboxylic acids is 1. The smallest absolute Gasteiger partial charge is 0.222 e. The Morgan fingerprint density at radius 3 is 2.69 bits per heavy atom. The molecule has 0 aromatic heterocycles. The normalized spacial score (nSPS) is 19.9. The van der Waals surface area contributed by atoms with Gasteiger partial charge in [-0.15, -0.1) is 24.0 Å². The molecule has 2 saturated heterocycles. The van der Waals surface area contributed by atoms with Crippen molar-refractivity contribution in [3.8, 4) is 0 Å². The maximum absolute atomic E-state index is 12.0. The second kappa shape index (κ2) is 14.0. The first kappa shape index (κ1) is 26.9. The molecule has 7 nitrogen and oxygen atoms in total. The first-order valence-corrected chi connectivity index (χ1v) is 11.8. The lowest BCUT2D eigenvalue weighted by Gasteiger charge is -2.34. The number of nitrogens with zero attached hydrogens (tertiary/aromatic N) is 3. The minimum Gasteiger partial charge on any atom is -0.374 e. The summed E-state index contributed by atoms with van der Waals surface area (Å²) in [5.74, 6) is 1.73. The average molecular weight is 558 g/mol. The van der Waals surface area contributed by atoms with Gasteiger partial charge in [-0.2, -0.15) is 0 Å². The molecule has 2 aliphatic heterocycles. The first-order valence-electron chi connectivity index (χ1n) is 11.8. The van der Waals surface area contributed by atoms with Crippen LogP contribution in [0.3, 0.4) is 0 Å². The van der Waals surface area contributed by atoms with E-state index in [0.717, 1.165) is 63.8 Å². The van der Waals surface area contributed by atoms with Gasteiger partial charge in [0.25, 0.3) is 0 Å². The maximum atomic E-state index is 12.0. The molecule has 2 heterocycles. The van der Waals surface area contributed by atoms with Crippen molar-refractivity contribution in [1.82, 2.24) is 20.4 Å². The molecule has 180 valence electrons. The van der Waals surface area contributed by atoms with E-state index in [-0.39, 0.29) is 36.0 Å². The molecule has 0 saturated carbocycles. The SMILES string of the molecule is CCNC(=NCc1ccccc1CN1CCCC1=O)NCC1CN(CC(C)C)CCO1.I. The van der Waals surface area contributed by atoms with E-state index < -0.39 is 0 Å². The predicted octanol–water partition coefficient (Wildman–Crippen LogP) is 2.84. The molecule has 1 aromatic carbocycles. The third-order valence-electron chi connectivity index (χ3n) is 5.75. The van der Waals surface area contributed by atoms with Crippen LogP contribution in [0.2, 0.25) is 0 Å². The molecule has 1 aromatic rings. The largest absolute Gasteiger partial charge is 0.374 e. The van der Waals surface area contributed by atoms with Crippen molar-refractivity contribution in [2.24, 2.45) is 10.9 Å². The molecule has 32 heavy (non-hydrogen) atoms. The third kappa shape index (κ3) is 8.51. The highest BCUT2D eigenvalue weighted by atomic mass is 127. The predicted molar refractivity (Wildman–Crippen MR) is 140 cm³/mol.